The second-order valence-corrected chi connectivity index (χ2v) is 6.45. The molecule has 8 nitrogen and oxygen atoms in total. The molecule has 0 saturated carbocycles. The minimum absolute atomic E-state index is 0.237. The standard InChI is InChI=1S/C20H22ClN3O5/c1-22-15-7-5-4-6-14(15)20(27)29-12-19(26)24(2)11-18(25)23-16-10-13(21)8-9-17(16)28-3/h4-10,22H,11-12H2,1-3H3,(H,23,25). The van der Waals surface area contributed by atoms with Gasteiger partial charge in [-0.25, -0.2) is 4.79 Å². The molecule has 154 valence electrons. The number of amides is 2. The molecule has 2 rings (SSSR count). The third kappa shape index (κ3) is 6.11. The molecule has 0 bridgehead atoms. The molecule has 2 aromatic rings. The Kier molecular flexibility index (Phi) is 7.85. The van der Waals surface area contributed by atoms with E-state index in [0.29, 0.717) is 27.7 Å². The quantitative estimate of drug-likeness (QED) is 0.638. The molecule has 29 heavy (non-hydrogen) atoms. The molecule has 0 saturated heterocycles. The summed E-state index contributed by atoms with van der Waals surface area (Å²) in [5.74, 6) is -1.17. The normalized spacial score (nSPS) is 10.1. The van der Waals surface area contributed by atoms with Crippen LogP contribution in [-0.2, 0) is 14.3 Å². The van der Waals surface area contributed by atoms with Crippen LogP contribution in [0.5, 0.6) is 5.75 Å². The van der Waals surface area contributed by atoms with Crippen molar-refractivity contribution in [2.24, 2.45) is 0 Å². The Morgan fingerprint density at radius 3 is 2.52 bits per heavy atom. The van der Waals surface area contributed by atoms with Gasteiger partial charge in [0, 0.05) is 24.8 Å². The second-order valence-electron chi connectivity index (χ2n) is 6.01. The number of halogens is 1. The van der Waals surface area contributed by atoms with E-state index in [1.54, 1.807) is 49.5 Å². The van der Waals surface area contributed by atoms with Crippen LogP contribution >= 0.6 is 11.6 Å². The number of benzene rings is 2. The van der Waals surface area contributed by atoms with Crippen LogP contribution in [0.2, 0.25) is 5.02 Å². The van der Waals surface area contributed by atoms with Gasteiger partial charge in [0.15, 0.2) is 6.61 Å². The van der Waals surface area contributed by atoms with Gasteiger partial charge in [0.1, 0.15) is 5.75 Å². The summed E-state index contributed by atoms with van der Waals surface area (Å²) < 4.78 is 10.2. The number of ether oxygens (including phenoxy) is 2. The molecule has 0 spiro atoms. The van der Waals surface area contributed by atoms with Crippen LogP contribution in [0.4, 0.5) is 11.4 Å². The number of rotatable bonds is 8. The summed E-state index contributed by atoms with van der Waals surface area (Å²) in [5, 5.41) is 5.95. The van der Waals surface area contributed by atoms with E-state index in [-0.39, 0.29) is 6.54 Å². The van der Waals surface area contributed by atoms with Crippen molar-refractivity contribution in [3.8, 4) is 5.75 Å². The Balaban J connectivity index is 1.89. The minimum atomic E-state index is -0.634. The van der Waals surface area contributed by atoms with E-state index in [4.69, 9.17) is 21.1 Å². The van der Waals surface area contributed by atoms with Crippen LogP contribution in [0.15, 0.2) is 42.5 Å². The molecule has 0 aromatic heterocycles. The highest BCUT2D eigenvalue weighted by molar-refractivity contribution is 6.31. The summed E-state index contributed by atoms with van der Waals surface area (Å²) >= 11 is 5.93. The largest absolute Gasteiger partial charge is 0.495 e. The zero-order valence-corrected chi connectivity index (χ0v) is 17.1. The number of para-hydroxylation sites is 1. The molecule has 0 aliphatic heterocycles. The van der Waals surface area contributed by atoms with Crippen LogP contribution in [0, 0.1) is 0 Å². The van der Waals surface area contributed by atoms with Gasteiger partial charge in [0.25, 0.3) is 5.91 Å². The molecular formula is C20H22ClN3O5. The predicted octanol–water partition coefficient (Wildman–Crippen LogP) is 2.64. The monoisotopic (exact) mass is 419 g/mol. The zero-order valence-electron chi connectivity index (χ0n) is 16.3. The average Bonchev–Trinajstić information content (AvgIpc) is 2.71. The van der Waals surface area contributed by atoms with E-state index in [2.05, 4.69) is 10.6 Å². The first-order valence-electron chi connectivity index (χ1n) is 8.67. The van der Waals surface area contributed by atoms with Crippen molar-refractivity contribution in [3.05, 3.63) is 53.1 Å². The fourth-order valence-electron chi connectivity index (χ4n) is 2.47. The van der Waals surface area contributed by atoms with Gasteiger partial charge in [-0.05, 0) is 30.3 Å². The lowest BCUT2D eigenvalue weighted by molar-refractivity contribution is -0.136. The molecule has 2 amide bonds. The Morgan fingerprint density at radius 1 is 1.10 bits per heavy atom. The third-order valence-corrected chi connectivity index (χ3v) is 4.22. The summed E-state index contributed by atoms with van der Waals surface area (Å²) in [7, 11) is 4.58. The fourth-order valence-corrected chi connectivity index (χ4v) is 2.64. The fraction of sp³-hybridized carbons (Fsp3) is 0.250. The van der Waals surface area contributed by atoms with Crippen LogP contribution in [0.1, 0.15) is 10.4 Å². The molecule has 0 aliphatic carbocycles. The minimum Gasteiger partial charge on any atom is -0.495 e. The number of anilines is 2. The Bertz CT molecular complexity index is 903. The molecular weight excluding hydrogens is 398 g/mol. The summed E-state index contributed by atoms with van der Waals surface area (Å²) in [6, 6.07) is 11.6. The molecule has 2 N–H and O–H groups in total. The van der Waals surface area contributed by atoms with E-state index in [1.807, 2.05) is 0 Å². The Morgan fingerprint density at radius 2 is 1.83 bits per heavy atom. The molecule has 0 fully saturated rings. The summed E-state index contributed by atoms with van der Waals surface area (Å²) in [6.45, 7) is -0.722. The first-order valence-corrected chi connectivity index (χ1v) is 9.04. The smallest absolute Gasteiger partial charge is 0.340 e. The topological polar surface area (TPSA) is 97.0 Å². The molecule has 2 aromatic carbocycles. The van der Waals surface area contributed by atoms with Gasteiger partial charge in [0.05, 0.1) is 24.9 Å². The van der Waals surface area contributed by atoms with Crippen molar-refractivity contribution in [3.63, 3.8) is 0 Å². The lowest BCUT2D eigenvalue weighted by Gasteiger charge is -2.18. The summed E-state index contributed by atoms with van der Waals surface area (Å²) in [6.07, 6.45) is 0. The van der Waals surface area contributed by atoms with E-state index in [9.17, 15) is 14.4 Å². The number of carbonyl (C=O) groups is 3. The van der Waals surface area contributed by atoms with E-state index in [1.165, 1.54) is 14.2 Å². The number of hydrogen-bond donors (Lipinski definition) is 2. The van der Waals surface area contributed by atoms with Gasteiger partial charge in [0.2, 0.25) is 5.91 Å². The molecule has 0 atom stereocenters. The zero-order chi connectivity index (χ0) is 21.4. The first kappa shape index (κ1) is 22.0. The SMILES string of the molecule is CNc1ccccc1C(=O)OCC(=O)N(C)CC(=O)Nc1cc(Cl)ccc1OC. The van der Waals surface area contributed by atoms with Crippen LogP contribution in [0.25, 0.3) is 0 Å². The van der Waals surface area contributed by atoms with Crippen LogP contribution in [0.3, 0.4) is 0 Å². The maximum atomic E-state index is 12.2. The first-order chi connectivity index (χ1) is 13.8. The van der Waals surface area contributed by atoms with E-state index < -0.39 is 24.4 Å². The molecule has 0 unspecified atom stereocenters. The van der Waals surface area contributed by atoms with E-state index in [0.717, 1.165) is 4.90 Å². The number of nitrogens with one attached hydrogen (secondary N) is 2. The molecule has 0 heterocycles. The second kappa shape index (κ2) is 10.3. The number of hydrogen-bond acceptors (Lipinski definition) is 6. The van der Waals surface area contributed by atoms with Gasteiger partial charge in [-0.2, -0.15) is 0 Å². The predicted molar refractivity (Wildman–Crippen MR) is 111 cm³/mol. The number of nitrogens with zero attached hydrogens (tertiary/aromatic N) is 1. The third-order valence-electron chi connectivity index (χ3n) is 3.99. The Labute approximate surface area is 173 Å². The van der Waals surface area contributed by atoms with Crippen molar-refractivity contribution >= 4 is 40.8 Å². The lowest BCUT2D eigenvalue weighted by Crippen LogP contribution is -2.37. The number of likely N-dealkylation sites (N-methyl/N-ethyl adjacent to an activating group) is 1. The molecule has 9 heteroatoms. The van der Waals surface area contributed by atoms with Gasteiger partial charge in [-0.15, -0.1) is 0 Å². The Hall–Kier alpha value is -3.26. The van der Waals surface area contributed by atoms with Crippen molar-refractivity contribution in [1.29, 1.82) is 0 Å². The highest BCUT2D eigenvalue weighted by atomic mass is 35.5. The maximum absolute atomic E-state index is 12.2. The summed E-state index contributed by atoms with van der Waals surface area (Å²) in [5.41, 5.74) is 1.30. The van der Waals surface area contributed by atoms with Crippen LogP contribution in [-0.4, -0.2) is 57.0 Å². The highest BCUT2D eigenvalue weighted by Gasteiger charge is 2.18. The average molecular weight is 420 g/mol. The number of methoxy groups -OCH3 is 1. The maximum Gasteiger partial charge on any atom is 0.340 e. The number of carbonyl (C=O) groups excluding carboxylic acids is 3. The van der Waals surface area contributed by atoms with Crippen molar-refractivity contribution in [2.45, 2.75) is 0 Å². The molecule has 0 radical (unpaired) electrons. The number of esters is 1. The van der Waals surface area contributed by atoms with Gasteiger partial charge in [-0.3, -0.25) is 9.59 Å². The highest BCUT2D eigenvalue weighted by Crippen LogP contribution is 2.27. The van der Waals surface area contributed by atoms with Gasteiger partial charge in [-0.1, -0.05) is 23.7 Å². The van der Waals surface area contributed by atoms with Crippen molar-refractivity contribution in [2.75, 3.05) is 45.0 Å². The molecule has 0 aliphatic rings. The van der Waals surface area contributed by atoms with Gasteiger partial charge < -0.3 is 25.0 Å². The van der Waals surface area contributed by atoms with Crippen LogP contribution < -0.4 is 15.4 Å². The van der Waals surface area contributed by atoms with E-state index >= 15 is 0 Å². The van der Waals surface area contributed by atoms with Crippen molar-refractivity contribution in [1.82, 2.24) is 4.90 Å². The van der Waals surface area contributed by atoms with Crippen molar-refractivity contribution < 1.29 is 23.9 Å². The lowest BCUT2D eigenvalue weighted by atomic mass is 10.2. The summed E-state index contributed by atoms with van der Waals surface area (Å²) in [4.78, 5) is 37.8. The van der Waals surface area contributed by atoms with Gasteiger partial charge >= 0.3 is 5.97 Å².